The lowest BCUT2D eigenvalue weighted by atomic mass is 10.3. The predicted octanol–water partition coefficient (Wildman–Crippen LogP) is 2.26. The van der Waals surface area contributed by atoms with Crippen molar-refractivity contribution in [2.45, 2.75) is 19.9 Å². The molecular weight excluding hydrogens is 240 g/mol. The lowest BCUT2D eigenvalue weighted by Gasteiger charge is -2.08. The van der Waals surface area contributed by atoms with Gasteiger partial charge in [0, 0.05) is 19.2 Å². The van der Waals surface area contributed by atoms with Crippen molar-refractivity contribution >= 4 is 11.6 Å². The number of aromatic nitrogens is 1. The van der Waals surface area contributed by atoms with Gasteiger partial charge in [-0.3, -0.25) is 0 Å². The van der Waals surface area contributed by atoms with E-state index in [0.717, 1.165) is 18.7 Å². The van der Waals surface area contributed by atoms with Crippen LogP contribution >= 0.6 is 11.6 Å². The van der Waals surface area contributed by atoms with E-state index in [9.17, 15) is 0 Å². The van der Waals surface area contributed by atoms with E-state index in [0.29, 0.717) is 30.7 Å². The molecule has 1 aromatic heterocycles. The van der Waals surface area contributed by atoms with E-state index in [4.69, 9.17) is 21.1 Å². The molecule has 4 nitrogen and oxygen atoms in total. The fourth-order valence-electron chi connectivity index (χ4n) is 1.29. The first kappa shape index (κ1) is 14.2. The van der Waals surface area contributed by atoms with Crippen LogP contribution in [0.15, 0.2) is 12.1 Å². The van der Waals surface area contributed by atoms with Crippen LogP contribution in [0.1, 0.15) is 19.0 Å². The first-order chi connectivity index (χ1) is 8.27. The number of ether oxygens (including phenoxy) is 2. The molecular formula is C12H19ClN2O2. The van der Waals surface area contributed by atoms with Crippen LogP contribution in [-0.4, -0.2) is 31.9 Å². The maximum Gasteiger partial charge on any atom is 0.213 e. The molecule has 0 aromatic carbocycles. The summed E-state index contributed by atoms with van der Waals surface area (Å²) in [6.07, 6.45) is 1.02. The predicted molar refractivity (Wildman–Crippen MR) is 68.6 cm³/mol. The third kappa shape index (κ3) is 5.35. The second-order valence-corrected chi connectivity index (χ2v) is 3.98. The zero-order chi connectivity index (χ0) is 12.5. The molecule has 0 spiro atoms. The first-order valence-electron chi connectivity index (χ1n) is 5.78. The summed E-state index contributed by atoms with van der Waals surface area (Å²) in [5, 5.41) is 3.66. The second-order valence-electron chi connectivity index (χ2n) is 3.57. The Bertz CT molecular complexity index is 334. The largest absolute Gasteiger partial charge is 0.475 e. The normalized spacial score (nSPS) is 10.5. The number of halogens is 1. The minimum absolute atomic E-state index is 0.508. The first-order valence-corrected chi connectivity index (χ1v) is 6.16. The van der Waals surface area contributed by atoms with E-state index >= 15 is 0 Å². The topological polar surface area (TPSA) is 43.4 Å². The Morgan fingerprint density at radius 1 is 1.29 bits per heavy atom. The van der Waals surface area contributed by atoms with Gasteiger partial charge in [-0.1, -0.05) is 18.5 Å². The molecule has 0 bridgehead atoms. The summed E-state index contributed by atoms with van der Waals surface area (Å²) >= 11 is 5.99. The zero-order valence-electron chi connectivity index (χ0n) is 10.3. The summed E-state index contributed by atoms with van der Waals surface area (Å²) in [4.78, 5) is 4.31. The Balaban J connectivity index is 2.40. The van der Waals surface area contributed by atoms with Crippen molar-refractivity contribution in [1.29, 1.82) is 0 Å². The monoisotopic (exact) mass is 258 g/mol. The molecule has 1 heterocycles. The maximum atomic E-state index is 5.99. The fraction of sp³-hybridized carbons (Fsp3) is 0.583. The lowest BCUT2D eigenvalue weighted by Crippen LogP contribution is -2.11. The van der Waals surface area contributed by atoms with Crippen LogP contribution in [0, 0.1) is 0 Å². The summed E-state index contributed by atoms with van der Waals surface area (Å²) in [5.74, 6) is 0.583. The minimum Gasteiger partial charge on any atom is -0.475 e. The van der Waals surface area contributed by atoms with Gasteiger partial charge in [0.2, 0.25) is 5.88 Å². The molecule has 0 unspecified atom stereocenters. The van der Waals surface area contributed by atoms with Crippen LogP contribution < -0.4 is 10.1 Å². The van der Waals surface area contributed by atoms with Crippen LogP contribution in [0.25, 0.3) is 0 Å². The summed E-state index contributed by atoms with van der Waals surface area (Å²) in [6, 6.07) is 3.56. The van der Waals surface area contributed by atoms with Gasteiger partial charge >= 0.3 is 0 Å². The lowest BCUT2D eigenvalue weighted by molar-refractivity contribution is 0.0989. The molecule has 1 N–H and O–H groups in total. The van der Waals surface area contributed by atoms with Gasteiger partial charge in [0.15, 0.2) is 0 Å². The third-order valence-electron chi connectivity index (χ3n) is 2.06. The number of nitrogens with one attached hydrogen (secondary N) is 1. The van der Waals surface area contributed by atoms with E-state index in [-0.39, 0.29) is 0 Å². The average molecular weight is 259 g/mol. The molecule has 0 atom stereocenters. The van der Waals surface area contributed by atoms with Gasteiger partial charge in [-0.05, 0) is 19.5 Å². The van der Waals surface area contributed by atoms with Crippen LogP contribution in [0.3, 0.4) is 0 Å². The smallest absolute Gasteiger partial charge is 0.213 e. The summed E-state index contributed by atoms with van der Waals surface area (Å²) < 4.78 is 10.8. The Hall–Kier alpha value is -0.840. The summed E-state index contributed by atoms with van der Waals surface area (Å²) in [7, 11) is 1.85. The highest BCUT2D eigenvalue weighted by molar-refractivity contribution is 6.31. The molecule has 0 fully saturated rings. The zero-order valence-corrected chi connectivity index (χ0v) is 11.1. The Labute approximate surface area is 107 Å². The minimum atomic E-state index is 0.508. The average Bonchev–Trinajstić information content (AvgIpc) is 2.33. The van der Waals surface area contributed by atoms with Gasteiger partial charge in [-0.2, -0.15) is 0 Å². The van der Waals surface area contributed by atoms with E-state index in [1.165, 1.54) is 0 Å². The molecule has 0 radical (unpaired) electrons. The van der Waals surface area contributed by atoms with Crippen molar-refractivity contribution in [3.63, 3.8) is 0 Å². The number of nitrogens with zero attached hydrogens (tertiary/aromatic N) is 1. The van der Waals surface area contributed by atoms with Crippen molar-refractivity contribution in [2.24, 2.45) is 0 Å². The standard InChI is InChI=1S/C12H19ClN2O2/c1-3-6-16-7-8-17-12-5-4-10(13)11(15-12)9-14-2/h4-5,14H,3,6-9H2,1-2H3. The van der Waals surface area contributed by atoms with E-state index < -0.39 is 0 Å². The van der Waals surface area contributed by atoms with Gasteiger partial charge in [0.1, 0.15) is 6.61 Å². The highest BCUT2D eigenvalue weighted by Gasteiger charge is 2.03. The number of pyridine rings is 1. The third-order valence-corrected chi connectivity index (χ3v) is 2.41. The quantitative estimate of drug-likeness (QED) is 0.727. The van der Waals surface area contributed by atoms with E-state index in [1.54, 1.807) is 12.1 Å². The molecule has 0 saturated heterocycles. The van der Waals surface area contributed by atoms with Crippen LogP contribution in [0.4, 0.5) is 0 Å². The highest BCUT2D eigenvalue weighted by atomic mass is 35.5. The molecule has 5 heteroatoms. The van der Waals surface area contributed by atoms with Gasteiger partial charge in [-0.15, -0.1) is 0 Å². The van der Waals surface area contributed by atoms with Crippen molar-refractivity contribution in [3.8, 4) is 5.88 Å². The van der Waals surface area contributed by atoms with Crippen LogP contribution in [0.2, 0.25) is 5.02 Å². The number of rotatable bonds is 8. The van der Waals surface area contributed by atoms with Crippen molar-refractivity contribution in [2.75, 3.05) is 26.9 Å². The van der Waals surface area contributed by atoms with Gasteiger partial charge in [0.25, 0.3) is 0 Å². The highest BCUT2D eigenvalue weighted by Crippen LogP contribution is 2.17. The van der Waals surface area contributed by atoms with Gasteiger partial charge in [0.05, 0.1) is 17.3 Å². The summed E-state index contributed by atoms with van der Waals surface area (Å²) in [5.41, 5.74) is 0.793. The van der Waals surface area contributed by atoms with Crippen molar-refractivity contribution < 1.29 is 9.47 Å². The summed E-state index contributed by atoms with van der Waals surface area (Å²) in [6.45, 7) is 4.56. The molecule has 1 rings (SSSR count). The Morgan fingerprint density at radius 3 is 2.82 bits per heavy atom. The Morgan fingerprint density at radius 2 is 2.12 bits per heavy atom. The molecule has 0 amide bonds. The molecule has 0 saturated carbocycles. The number of hydrogen-bond acceptors (Lipinski definition) is 4. The van der Waals surface area contributed by atoms with Crippen molar-refractivity contribution in [1.82, 2.24) is 10.3 Å². The van der Waals surface area contributed by atoms with E-state index in [2.05, 4.69) is 17.2 Å². The molecule has 0 aliphatic heterocycles. The molecule has 1 aromatic rings. The molecule has 96 valence electrons. The van der Waals surface area contributed by atoms with Crippen molar-refractivity contribution in [3.05, 3.63) is 22.8 Å². The Kier molecular flexibility index (Phi) is 6.93. The van der Waals surface area contributed by atoms with Crippen LogP contribution in [-0.2, 0) is 11.3 Å². The molecule has 0 aliphatic carbocycles. The van der Waals surface area contributed by atoms with Gasteiger partial charge < -0.3 is 14.8 Å². The maximum absolute atomic E-state index is 5.99. The SMILES string of the molecule is CCCOCCOc1ccc(Cl)c(CNC)n1. The fourth-order valence-corrected chi connectivity index (χ4v) is 1.46. The van der Waals surface area contributed by atoms with E-state index in [1.807, 2.05) is 7.05 Å². The van der Waals surface area contributed by atoms with Crippen LogP contribution in [0.5, 0.6) is 5.88 Å². The second kappa shape index (κ2) is 8.28. The number of hydrogen-bond donors (Lipinski definition) is 1. The molecule has 0 aliphatic rings. The molecule has 17 heavy (non-hydrogen) atoms. The van der Waals surface area contributed by atoms with Gasteiger partial charge in [-0.25, -0.2) is 4.98 Å².